The average Bonchev–Trinajstić information content (AvgIpc) is 2.28. The maximum Gasteiger partial charge on any atom is 0.418 e. The number of para-hydroxylation sites is 1. The number of aliphatic imine (C=N–C) groups is 1. The molecule has 17 heavy (non-hydrogen) atoms. The van der Waals surface area contributed by atoms with Crippen LogP contribution in [0.25, 0.3) is 0 Å². The molecule has 0 spiro atoms. The van der Waals surface area contributed by atoms with Gasteiger partial charge in [0.25, 0.3) is 0 Å². The van der Waals surface area contributed by atoms with Gasteiger partial charge in [-0.3, -0.25) is 10.3 Å². The number of benzene rings is 1. The molecule has 0 aliphatic heterocycles. The van der Waals surface area contributed by atoms with Crippen LogP contribution in [0.1, 0.15) is 13.8 Å². The van der Waals surface area contributed by atoms with Gasteiger partial charge in [0.15, 0.2) is 0 Å². The fraction of sp³-hybridized carbons (Fsp3) is 0.231. The molecule has 0 bridgehead atoms. The lowest BCUT2D eigenvalue weighted by Crippen LogP contribution is -2.32. The summed E-state index contributed by atoms with van der Waals surface area (Å²) in [5.74, 6) is 0.976. The summed E-state index contributed by atoms with van der Waals surface area (Å²) in [6.07, 6.45) is 1.22. The van der Waals surface area contributed by atoms with Gasteiger partial charge in [-0.15, -0.1) is 0 Å². The predicted octanol–water partition coefficient (Wildman–Crippen LogP) is 2.77. The first-order valence-electron chi connectivity index (χ1n) is 5.27. The van der Waals surface area contributed by atoms with Crippen molar-refractivity contribution in [3.8, 4) is 5.75 Å². The zero-order valence-corrected chi connectivity index (χ0v) is 10.2. The van der Waals surface area contributed by atoms with E-state index in [2.05, 4.69) is 10.3 Å². The third-order valence-corrected chi connectivity index (χ3v) is 1.85. The summed E-state index contributed by atoms with van der Waals surface area (Å²) in [4.78, 5) is 15.5. The van der Waals surface area contributed by atoms with Crippen LogP contribution in [0.15, 0.2) is 47.0 Å². The van der Waals surface area contributed by atoms with Crippen LogP contribution in [-0.4, -0.2) is 19.0 Å². The van der Waals surface area contributed by atoms with Crippen molar-refractivity contribution in [3.63, 3.8) is 0 Å². The Morgan fingerprint density at radius 3 is 2.47 bits per heavy atom. The molecule has 0 fully saturated rings. The number of nitrogens with zero attached hydrogens (tertiary/aromatic N) is 1. The van der Waals surface area contributed by atoms with E-state index in [1.807, 2.05) is 19.9 Å². The Kier molecular flexibility index (Phi) is 4.94. The van der Waals surface area contributed by atoms with Gasteiger partial charge >= 0.3 is 6.09 Å². The number of ether oxygens (including phenoxy) is 1. The van der Waals surface area contributed by atoms with E-state index in [0.29, 0.717) is 11.6 Å². The van der Waals surface area contributed by atoms with Crippen LogP contribution in [0.2, 0.25) is 0 Å². The van der Waals surface area contributed by atoms with E-state index in [-0.39, 0.29) is 0 Å². The van der Waals surface area contributed by atoms with Gasteiger partial charge in [0.2, 0.25) is 0 Å². The van der Waals surface area contributed by atoms with Gasteiger partial charge in [0.1, 0.15) is 11.6 Å². The Labute approximate surface area is 101 Å². The summed E-state index contributed by atoms with van der Waals surface area (Å²) < 4.78 is 5.07. The summed E-state index contributed by atoms with van der Waals surface area (Å²) in [5.41, 5.74) is 1.05. The van der Waals surface area contributed by atoms with Gasteiger partial charge in [-0.2, -0.15) is 0 Å². The highest BCUT2D eigenvalue weighted by Crippen LogP contribution is 2.08. The van der Waals surface area contributed by atoms with E-state index in [1.54, 1.807) is 37.4 Å². The third kappa shape index (κ3) is 4.97. The number of hydrogen-bond acceptors (Lipinski definition) is 3. The van der Waals surface area contributed by atoms with Crippen molar-refractivity contribution >= 4 is 11.9 Å². The molecule has 90 valence electrons. The van der Waals surface area contributed by atoms with Crippen LogP contribution >= 0.6 is 0 Å². The molecule has 1 N–H and O–H groups in total. The first kappa shape index (κ1) is 13.0. The van der Waals surface area contributed by atoms with Crippen molar-refractivity contribution in [2.45, 2.75) is 13.8 Å². The van der Waals surface area contributed by atoms with Crippen molar-refractivity contribution in [3.05, 3.63) is 42.0 Å². The molecule has 4 nitrogen and oxygen atoms in total. The first-order valence-corrected chi connectivity index (χ1v) is 5.27. The summed E-state index contributed by atoms with van der Waals surface area (Å²) in [7, 11) is 1.61. The topological polar surface area (TPSA) is 50.7 Å². The van der Waals surface area contributed by atoms with Crippen LogP contribution < -0.4 is 10.1 Å². The second-order valence-electron chi connectivity index (χ2n) is 3.66. The largest absolute Gasteiger partial charge is 0.418 e. The molecular formula is C13H16N2O2. The van der Waals surface area contributed by atoms with Gasteiger partial charge in [-0.1, -0.05) is 23.8 Å². The number of rotatable bonds is 2. The fourth-order valence-corrected chi connectivity index (χ4v) is 1.16. The molecular weight excluding hydrogens is 216 g/mol. The van der Waals surface area contributed by atoms with Gasteiger partial charge in [-0.05, 0) is 32.1 Å². The molecule has 0 radical (unpaired) electrons. The van der Waals surface area contributed by atoms with Gasteiger partial charge in [0.05, 0.1) is 0 Å². The number of allylic oxidation sites excluding steroid dienone is 1. The quantitative estimate of drug-likeness (QED) is 0.629. The molecule has 0 atom stereocenters. The van der Waals surface area contributed by atoms with Crippen LogP contribution in [-0.2, 0) is 0 Å². The van der Waals surface area contributed by atoms with E-state index in [0.717, 1.165) is 5.57 Å². The average molecular weight is 232 g/mol. The Hall–Kier alpha value is -2.10. The minimum atomic E-state index is -0.547. The number of amidine groups is 1. The van der Waals surface area contributed by atoms with Crippen LogP contribution in [0.3, 0.4) is 0 Å². The highest BCUT2D eigenvalue weighted by molar-refractivity contribution is 6.02. The first-order chi connectivity index (χ1) is 8.11. The maximum atomic E-state index is 11.5. The van der Waals surface area contributed by atoms with Crippen molar-refractivity contribution in [2.24, 2.45) is 4.99 Å². The van der Waals surface area contributed by atoms with Crippen LogP contribution in [0, 0.1) is 0 Å². The third-order valence-electron chi connectivity index (χ3n) is 1.85. The van der Waals surface area contributed by atoms with Crippen molar-refractivity contribution in [1.29, 1.82) is 0 Å². The number of carbonyl (C=O) groups excluding carboxylic acids is 1. The second kappa shape index (κ2) is 6.48. The molecule has 1 rings (SSSR count). The van der Waals surface area contributed by atoms with Gasteiger partial charge in [0, 0.05) is 7.05 Å². The summed E-state index contributed by atoms with van der Waals surface area (Å²) >= 11 is 0. The normalized spacial score (nSPS) is 10.6. The molecule has 0 aromatic heterocycles. The summed E-state index contributed by atoms with van der Waals surface area (Å²) in [6, 6.07) is 8.88. The minimum Gasteiger partial charge on any atom is -0.410 e. The molecule has 0 unspecified atom stereocenters. The zero-order valence-electron chi connectivity index (χ0n) is 10.2. The lowest BCUT2D eigenvalue weighted by Gasteiger charge is -2.06. The molecule has 0 aliphatic rings. The van der Waals surface area contributed by atoms with E-state index in [4.69, 9.17) is 4.74 Å². The SMILES string of the molecule is C/N=C(\C=C(C)C)NC(=O)Oc1ccccc1. The molecule has 0 aliphatic carbocycles. The molecule has 0 saturated heterocycles. The predicted molar refractivity (Wildman–Crippen MR) is 68.4 cm³/mol. The summed E-state index contributed by atoms with van der Waals surface area (Å²) in [5, 5.41) is 2.56. The molecule has 1 aromatic carbocycles. The molecule has 0 heterocycles. The Morgan fingerprint density at radius 2 is 1.94 bits per heavy atom. The zero-order chi connectivity index (χ0) is 12.7. The van der Waals surface area contributed by atoms with Gasteiger partial charge in [-0.25, -0.2) is 4.79 Å². The van der Waals surface area contributed by atoms with Crippen LogP contribution in [0.4, 0.5) is 4.79 Å². The Morgan fingerprint density at radius 1 is 1.29 bits per heavy atom. The minimum absolute atomic E-state index is 0.478. The molecule has 0 saturated carbocycles. The molecule has 4 heteroatoms. The van der Waals surface area contributed by atoms with E-state index < -0.39 is 6.09 Å². The van der Waals surface area contributed by atoms with E-state index in [9.17, 15) is 4.79 Å². The van der Waals surface area contributed by atoms with E-state index >= 15 is 0 Å². The van der Waals surface area contributed by atoms with Crippen molar-refractivity contribution in [2.75, 3.05) is 7.05 Å². The highest BCUT2D eigenvalue weighted by Gasteiger charge is 2.05. The number of amides is 1. The standard InChI is InChI=1S/C13H16N2O2/c1-10(2)9-12(14-3)15-13(16)17-11-7-5-4-6-8-11/h4-9H,1-3H3,(H,14,15,16). The lowest BCUT2D eigenvalue weighted by molar-refractivity contribution is 0.206. The van der Waals surface area contributed by atoms with E-state index in [1.165, 1.54) is 0 Å². The van der Waals surface area contributed by atoms with Crippen molar-refractivity contribution < 1.29 is 9.53 Å². The number of nitrogens with one attached hydrogen (secondary N) is 1. The number of hydrogen-bond donors (Lipinski definition) is 1. The monoisotopic (exact) mass is 232 g/mol. The fourth-order valence-electron chi connectivity index (χ4n) is 1.16. The summed E-state index contributed by atoms with van der Waals surface area (Å²) in [6.45, 7) is 3.85. The Balaban J connectivity index is 2.58. The van der Waals surface area contributed by atoms with Crippen molar-refractivity contribution in [1.82, 2.24) is 5.32 Å². The lowest BCUT2D eigenvalue weighted by atomic mass is 10.3. The second-order valence-corrected chi connectivity index (χ2v) is 3.66. The number of carbonyl (C=O) groups is 1. The molecule has 1 amide bonds. The highest BCUT2D eigenvalue weighted by atomic mass is 16.6. The molecule has 1 aromatic rings. The van der Waals surface area contributed by atoms with Gasteiger partial charge < -0.3 is 4.74 Å². The Bertz CT molecular complexity index is 432. The smallest absolute Gasteiger partial charge is 0.410 e. The maximum absolute atomic E-state index is 11.5. The van der Waals surface area contributed by atoms with Crippen LogP contribution in [0.5, 0.6) is 5.75 Å².